The molecule has 0 aliphatic heterocycles. The van der Waals surface area contributed by atoms with Crippen LogP contribution in [-0.4, -0.2) is 173 Å². The highest BCUT2D eigenvalue weighted by molar-refractivity contribution is 6.74. The highest BCUT2D eigenvalue weighted by Crippen LogP contribution is 2.36. The summed E-state index contributed by atoms with van der Waals surface area (Å²) in [6, 6.07) is 7.18. The van der Waals surface area contributed by atoms with Gasteiger partial charge in [0.25, 0.3) is 0 Å². The summed E-state index contributed by atoms with van der Waals surface area (Å²) in [7, 11) is -1.70. The number of rotatable bonds is 39. The fourth-order valence-electron chi connectivity index (χ4n) is 3.93. The smallest absolute Gasteiger partial charge is 0.221 e. The van der Waals surface area contributed by atoms with E-state index in [1.54, 1.807) is 24.3 Å². The molecule has 1 rings (SSSR count). The molecule has 0 aliphatic rings. The molecule has 0 spiro atoms. The average Bonchev–Trinajstić information content (AvgIpc) is 3.13. The maximum atomic E-state index is 11.0. The van der Waals surface area contributed by atoms with E-state index < -0.39 is 8.32 Å². The number of anilines is 1. The Bertz CT molecular complexity index is 984. The summed E-state index contributed by atoms with van der Waals surface area (Å²) in [4.78, 5) is 11.0. The molecule has 0 aliphatic carbocycles. The molecule has 1 N–H and O–H groups in total. The topological polar surface area (TPSA) is 149 Å². The van der Waals surface area contributed by atoms with E-state index in [9.17, 15) is 4.79 Å². The molecule has 0 saturated heterocycles. The molecule has 15 nitrogen and oxygen atoms in total. The van der Waals surface area contributed by atoms with Crippen LogP contribution in [0.4, 0.5) is 5.69 Å². The van der Waals surface area contributed by atoms with Gasteiger partial charge >= 0.3 is 0 Å². The molecule has 0 bridgehead atoms. The van der Waals surface area contributed by atoms with Crippen molar-refractivity contribution in [3.8, 4) is 5.75 Å². The summed E-state index contributed by atoms with van der Waals surface area (Å²) >= 11 is 0. The van der Waals surface area contributed by atoms with Crippen LogP contribution in [0.25, 0.3) is 0 Å². The van der Waals surface area contributed by atoms with Crippen LogP contribution in [0.2, 0.25) is 18.1 Å². The van der Waals surface area contributed by atoms with Crippen molar-refractivity contribution in [1.82, 2.24) is 0 Å². The number of carbonyl (C=O) groups excluding carboxylic acids is 1. The lowest BCUT2D eigenvalue weighted by molar-refractivity contribution is -0.114. The van der Waals surface area contributed by atoms with Crippen molar-refractivity contribution in [1.29, 1.82) is 0 Å². The van der Waals surface area contributed by atoms with E-state index in [4.69, 9.17) is 61.3 Å². The van der Waals surface area contributed by atoms with E-state index in [1.165, 1.54) is 6.92 Å². The second-order valence-electron chi connectivity index (χ2n) is 13.4. The number of benzene rings is 1. The van der Waals surface area contributed by atoms with Gasteiger partial charge in [-0.05, 0) is 42.4 Å². The Morgan fingerprint density at radius 1 is 0.463 bits per heavy atom. The van der Waals surface area contributed by atoms with Crippen molar-refractivity contribution in [2.24, 2.45) is 0 Å². The molecule has 0 unspecified atom stereocenters. The van der Waals surface area contributed by atoms with Crippen molar-refractivity contribution in [2.45, 2.75) is 45.8 Å². The third-order valence-electron chi connectivity index (χ3n) is 7.89. The Morgan fingerprint density at radius 2 is 0.722 bits per heavy atom. The monoisotopic (exact) mass is 793 g/mol. The molecule has 0 heterocycles. The van der Waals surface area contributed by atoms with E-state index >= 15 is 0 Å². The van der Waals surface area contributed by atoms with Crippen LogP contribution in [0.15, 0.2) is 24.3 Å². The summed E-state index contributed by atoms with van der Waals surface area (Å²) in [5.74, 6) is 0.608. The van der Waals surface area contributed by atoms with E-state index in [1.807, 2.05) is 0 Å². The number of hydrogen-bond acceptors (Lipinski definition) is 14. The third kappa shape index (κ3) is 31.4. The molecule has 0 aromatic heterocycles. The normalized spacial score (nSPS) is 12.0. The van der Waals surface area contributed by atoms with Crippen LogP contribution in [0.3, 0.4) is 0 Å². The molecule has 1 aromatic rings. The first-order chi connectivity index (χ1) is 26.1. The number of nitrogens with one attached hydrogen (secondary N) is 1. The summed E-state index contributed by atoms with van der Waals surface area (Å²) in [6.45, 7) is 24.8. The second-order valence-corrected chi connectivity index (χ2v) is 18.2. The summed E-state index contributed by atoms with van der Waals surface area (Å²) < 4.78 is 72.3. The molecule has 316 valence electrons. The van der Waals surface area contributed by atoms with Crippen LogP contribution in [0, 0.1) is 0 Å². The van der Waals surface area contributed by atoms with Crippen molar-refractivity contribution in [2.75, 3.05) is 164 Å². The van der Waals surface area contributed by atoms with Gasteiger partial charge in [0.15, 0.2) is 8.32 Å². The largest absolute Gasteiger partial charge is 0.491 e. The highest BCUT2D eigenvalue weighted by Gasteiger charge is 2.36. The minimum Gasteiger partial charge on any atom is -0.491 e. The Balaban J connectivity index is 1.67. The van der Waals surface area contributed by atoms with Crippen LogP contribution in [0.1, 0.15) is 27.7 Å². The second kappa shape index (κ2) is 34.5. The van der Waals surface area contributed by atoms with Gasteiger partial charge in [-0.25, -0.2) is 0 Å². The van der Waals surface area contributed by atoms with Gasteiger partial charge in [0.2, 0.25) is 5.91 Å². The molecule has 0 atom stereocenters. The van der Waals surface area contributed by atoms with E-state index in [0.29, 0.717) is 164 Å². The molecule has 0 radical (unpaired) electrons. The van der Waals surface area contributed by atoms with E-state index in [2.05, 4.69) is 39.2 Å². The van der Waals surface area contributed by atoms with Crippen LogP contribution in [-0.2, 0) is 61.3 Å². The maximum Gasteiger partial charge on any atom is 0.221 e. The standard InChI is InChI=1S/C38H71NO14Si/c1-35(40)39-36-7-9-37(10-8-36)52-33-31-50-29-27-48-25-23-46-21-19-44-17-15-42-13-11-41-12-14-43-16-18-45-20-22-47-24-26-49-28-30-51-32-34-53-54(5,6)38(2,3)4/h7-10H,11-34H2,1-6H3,(H,39,40). The van der Waals surface area contributed by atoms with Gasteiger partial charge in [-0.3, -0.25) is 4.79 Å². The highest BCUT2D eigenvalue weighted by atomic mass is 28.4. The van der Waals surface area contributed by atoms with Crippen LogP contribution >= 0.6 is 0 Å². The lowest BCUT2D eigenvalue weighted by Crippen LogP contribution is -2.41. The summed E-state index contributed by atoms with van der Waals surface area (Å²) in [5.41, 5.74) is 0.731. The summed E-state index contributed by atoms with van der Waals surface area (Å²) in [6.07, 6.45) is 0. The molecular formula is C38H71NO14Si. The predicted octanol–water partition coefficient (Wildman–Crippen LogP) is 4.23. The molecule has 16 heteroatoms. The Morgan fingerprint density at radius 3 is 0.981 bits per heavy atom. The van der Waals surface area contributed by atoms with Crippen molar-refractivity contribution in [3.63, 3.8) is 0 Å². The van der Waals surface area contributed by atoms with Crippen molar-refractivity contribution in [3.05, 3.63) is 24.3 Å². The Labute approximate surface area is 325 Å². The van der Waals surface area contributed by atoms with Gasteiger partial charge in [0, 0.05) is 12.6 Å². The van der Waals surface area contributed by atoms with Crippen LogP contribution < -0.4 is 10.1 Å². The zero-order valence-electron chi connectivity index (χ0n) is 34.0. The lowest BCUT2D eigenvalue weighted by atomic mass is 10.2. The lowest BCUT2D eigenvalue weighted by Gasteiger charge is -2.36. The van der Waals surface area contributed by atoms with E-state index in [-0.39, 0.29) is 10.9 Å². The third-order valence-corrected chi connectivity index (χ3v) is 12.4. The fourth-order valence-corrected chi connectivity index (χ4v) is 4.96. The molecule has 0 saturated carbocycles. The van der Waals surface area contributed by atoms with Gasteiger partial charge in [0.05, 0.1) is 152 Å². The van der Waals surface area contributed by atoms with Gasteiger partial charge < -0.3 is 66.6 Å². The van der Waals surface area contributed by atoms with Gasteiger partial charge in [-0.15, -0.1) is 0 Å². The quantitative estimate of drug-likeness (QED) is 0.0749. The minimum absolute atomic E-state index is 0.108. The van der Waals surface area contributed by atoms with Gasteiger partial charge in [-0.2, -0.15) is 0 Å². The number of hydrogen-bond donors (Lipinski definition) is 1. The number of carbonyl (C=O) groups is 1. The first-order valence-corrected chi connectivity index (χ1v) is 22.0. The van der Waals surface area contributed by atoms with Crippen molar-refractivity contribution >= 4 is 19.9 Å². The molecule has 1 amide bonds. The predicted molar refractivity (Wildman–Crippen MR) is 208 cm³/mol. The summed E-state index contributed by atoms with van der Waals surface area (Å²) in [5, 5.41) is 2.92. The maximum absolute atomic E-state index is 11.0. The zero-order valence-corrected chi connectivity index (χ0v) is 35.0. The van der Waals surface area contributed by atoms with Gasteiger partial charge in [-0.1, -0.05) is 20.8 Å². The average molecular weight is 794 g/mol. The van der Waals surface area contributed by atoms with Gasteiger partial charge in [0.1, 0.15) is 12.4 Å². The molecule has 1 aromatic carbocycles. The zero-order chi connectivity index (χ0) is 39.4. The van der Waals surface area contributed by atoms with E-state index in [0.717, 1.165) is 5.69 Å². The SMILES string of the molecule is CC(=O)Nc1ccc(OCCOCCOCCOCCOCCOCCOCCOCCOCCOCCOCCOCCO[Si](C)(C)C(C)(C)C)cc1. The molecule has 54 heavy (non-hydrogen) atoms. The first-order valence-electron chi connectivity index (χ1n) is 19.1. The Hall–Kier alpha value is -1.77. The Kier molecular flexibility index (Phi) is 32.1. The first kappa shape index (κ1) is 50.2. The minimum atomic E-state index is -1.70. The number of amides is 1. The van der Waals surface area contributed by atoms with Crippen LogP contribution in [0.5, 0.6) is 5.75 Å². The van der Waals surface area contributed by atoms with Crippen molar-refractivity contribution < 1.29 is 66.1 Å². The fraction of sp³-hybridized carbons (Fsp3) is 0.816. The molecular weight excluding hydrogens is 722 g/mol. The number of ether oxygens (including phenoxy) is 12. The molecule has 0 fully saturated rings.